The molecule has 2 aliphatic rings. The number of hydrogen-bond acceptors (Lipinski definition) is 4. The molecule has 1 aromatic heterocycles. The number of methoxy groups -OCH3 is 2. The predicted molar refractivity (Wildman–Crippen MR) is 137 cm³/mol. The highest BCUT2D eigenvalue weighted by Gasteiger charge is 2.51. The quantitative estimate of drug-likeness (QED) is 0.463. The Morgan fingerprint density at radius 2 is 1.83 bits per heavy atom. The molecule has 1 amide bonds. The average molecular weight is 474 g/mol. The van der Waals surface area contributed by atoms with Gasteiger partial charge >= 0.3 is 0 Å². The molecule has 2 bridgehead atoms. The molecule has 2 atom stereocenters. The molecule has 2 heterocycles. The zero-order chi connectivity index (χ0) is 25.0. The number of ether oxygens (including phenoxy) is 2. The van der Waals surface area contributed by atoms with Gasteiger partial charge in [0.15, 0.2) is 0 Å². The number of fused-ring (bicyclic) bond motifs is 2. The van der Waals surface area contributed by atoms with Gasteiger partial charge in [0.2, 0.25) is 0 Å². The van der Waals surface area contributed by atoms with Crippen LogP contribution in [0, 0.1) is 17.8 Å². The third kappa shape index (κ3) is 4.30. The van der Waals surface area contributed by atoms with E-state index in [2.05, 4.69) is 44.7 Å². The summed E-state index contributed by atoms with van der Waals surface area (Å²) < 4.78 is 12.8. The summed E-state index contributed by atoms with van der Waals surface area (Å²) in [4.78, 5) is 16.2. The van der Waals surface area contributed by atoms with Crippen molar-refractivity contribution < 1.29 is 14.3 Å². The second-order valence-electron chi connectivity index (χ2n) is 11.4. The van der Waals surface area contributed by atoms with Crippen LogP contribution in [0.4, 0.5) is 0 Å². The van der Waals surface area contributed by atoms with Gasteiger partial charge in [-0.2, -0.15) is 5.10 Å². The largest absolute Gasteiger partial charge is 0.497 e. The third-order valence-corrected chi connectivity index (χ3v) is 7.54. The molecule has 6 nitrogen and oxygen atoms in total. The number of nitrogens with zero attached hydrogens (tertiary/aromatic N) is 3. The summed E-state index contributed by atoms with van der Waals surface area (Å²) in [6.45, 7) is 9.83. The van der Waals surface area contributed by atoms with Gasteiger partial charge in [-0.15, -0.1) is 0 Å². The van der Waals surface area contributed by atoms with Gasteiger partial charge in [-0.3, -0.25) is 4.79 Å². The number of carbonyl (C=O) groups excluding carboxylic acids is 1. The molecule has 1 aliphatic heterocycles. The number of aromatic nitrogens is 2. The van der Waals surface area contributed by atoms with Crippen LogP contribution in [0.2, 0.25) is 0 Å². The van der Waals surface area contributed by atoms with Crippen LogP contribution in [-0.4, -0.2) is 47.4 Å². The summed E-state index contributed by atoms with van der Waals surface area (Å²) in [6, 6.07) is 15.9. The minimum absolute atomic E-state index is 0.0455. The van der Waals surface area contributed by atoms with Crippen molar-refractivity contribution in [1.29, 1.82) is 0 Å². The zero-order valence-corrected chi connectivity index (χ0v) is 21.6. The fourth-order valence-corrected chi connectivity index (χ4v) is 6.48. The minimum atomic E-state index is 0.0455. The predicted octanol–water partition coefficient (Wildman–Crippen LogP) is 5.91. The Bertz CT molecular complexity index is 1280. The highest BCUT2D eigenvalue weighted by atomic mass is 16.5. The van der Waals surface area contributed by atoms with Gasteiger partial charge in [0, 0.05) is 24.2 Å². The Kier molecular flexibility index (Phi) is 5.65. The van der Waals surface area contributed by atoms with E-state index in [1.54, 1.807) is 18.9 Å². The molecule has 0 radical (unpaired) electrons. The van der Waals surface area contributed by atoms with Gasteiger partial charge in [0.25, 0.3) is 5.91 Å². The number of aryl methyl sites for hydroxylation is 1. The first-order chi connectivity index (χ1) is 16.6. The SMILES string of the molecule is COc1ccc(-c2cc(C(=O)N3CC4(C)CC3CC(C)(C)C4)n(-c3cccc(C)c3)n2)c(OC)c1. The summed E-state index contributed by atoms with van der Waals surface area (Å²) >= 11 is 0. The number of amides is 1. The molecule has 6 heteroatoms. The maximum atomic E-state index is 14.1. The van der Waals surface area contributed by atoms with Crippen molar-refractivity contribution in [3.05, 3.63) is 59.8 Å². The lowest BCUT2D eigenvalue weighted by Crippen LogP contribution is -2.38. The fourth-order valence-electron chi connectivity index (χ4n) is 6.48. The van der Waals surface area contributed by atoms with Crippen molar-refractivity contribution in [3.8, 4) is 28.4 Å². The summed E-state index contributed by atoms with van der Waals surface area (Å²) in [6.07, 6.45) is 3.25. The first kappa shape index (κ1) is 23.5. The van der Waals surface area contributed by atoms with Crippen LogP contribution < -0.4 is 9.47 Å². The molecule has 5 rings (SSSR count). The molecule has 0 spiro atoms. The van der Waals surface area contributed by atoms with Crippen molar-refractivity contribution in [2.75, 3.05) is 20.8 Å². The normalized spacial score (nSPS) is 22.8. The number of hydrogen-bond donors (Lipinski definition) is 0. The molecule has 2 unspecified atom stereocenters. The van der Waals surface area contributed by atoms with E-state index in [1.807, 2.05) is 36.4 Å². The molecule has 1 aliphatic carbocycles. The summed E-state index contributed by atoms with van der Waals surface area (Å²) in [5, 5.41) is 4.93. The van der Waals surface area contributed by atoms with E-state index in [0.29, 0.717) is 22.9 Å². The Balaban J connectivity index is 1.61. The average Bonchev–Trinajstić information content (AvgIpc) is 3.36. The van der Waals surface area contributed by atoms with E-state index in [-0.39, 0.29) is 22.8 Å². The number of likely N-dealkylation sites (tertiary alicyclic amines) is 1. The van der Waals surface area contributed by atoms with Gasteiger partial charge in [0.1, 0.15) is 17.2 Å². The smallest absolute Gasteiger partial charge is 0.272 e. The van der Waals surface area contributed by atoms with Crippen molar-refractivity contribution in [2.24, 2.45) is 10.8 Å². The number of rotatable bonds is 5. The van der Waals surface area contributed by atoms with Crippen LogP contribution in [0.5, 0.6) is 11.5 Å². The van der Waals surface area contributed by atoms with Gasteiger partial charge in [-0.1, -0.05) is 32.9 Å². The van der Waals surface area contributed by atoms with E-state index >= 15 is 0 Å². The summed E-state index contributed by atoms with van der Waals surface area (Å²) in [5.74, 6) is 1.41. The molecule has 1 saturated carbocycles. The maximum absolute atomic E-state index is 14.1. The van der Waals surface area contributed by atoms with Gasteiger partial charge in [-0.05, 0) is 72.9 Å². The Labute approximate surface area is 207 Å². The lowest BCUT2D eigenvalue weighted by atomic mass is 9.65. The minimum Gasteiger partial charge on any atom is -0.497 e. The first-order valence-corrected chi connectivity index (χ1v) is 12.3. The van der Waals surface area contributed by atoms with Crippen molar-refractivity contribution in [1.82, 2.24) is 14.7 Å². The number of benzene rings is 2. The highest BCUT2D eigenvalue weighted by Crippen LogP contribution is 2.52. The number of carbonyl (C=O) groups is 1. The highest BCUT2D eigenvalue weighted by molar-refractivity contribution is 5.95. The molecule has 1 saturated heterocycles. The Morgan fingerprint density at radius 3 is 2.54 bits per heavy atom. The topological polar surface area (TPSA) is 56.6 Å². The standard InChI is InChI=1S/C29H35N3O3/c1-19-8-7-9-20(12-19)32-25(14-24(30-32)23-11-10-22(34-5)13-26(23)35-6)27(33)31-18-29(4)16-21(31)15-28(2,3)17-29/h7-14,21H,15-18H2,1-6H3. The van der Waals surface area contributed by atoms with Crippen LogP contribution in [-0.2, 0) is 0 Å². The second-order valence-corrected chi connectivity index (χ2v) is 11.4. The fraction of sp³-hybridized carbons (Fsp3) is 0.448. The Morgan fingerprint density at radius 1 is 1.03 bits per heavy atom. The Hall–Kier alpha value is -3.28. The van der Waals surface area contributed by atoms with Crippen molar-refractivity contribution >= 4 is 5.91 Å². The van der Waals surface area contributed by atoms with Gasteiger partial charge in [0.05, 0.1) is 25.6 Å². The van der Waals surface area contributed by atoms with Crippen LogP contribution in [0.3, 0.4) is 0 Å². The molecule has 0 N–H and O–H groups in total. The maximum Gasteiger partial charge on any atom is 0.272 e. The zero-order valence-electron chi connectivity index (χ0n) is 21.6. The third-order valence-electron chi connectivity index (χ3n) is 7.54. The van der Waals surface area contributed by atoms with Gasteiger partial charge in [-0.25, -0.2) is 4.68 Å². The van der Waals surface area contributed by atoms with E-state index in [4.69, 9.17) is 14.6 Å². The molecule has 2 aromatic carbocycles. The van der Waals surface area contributed by atoms with Crippen LogP contribution >= 0.6 is 0 Å². The van der Waals surface area contributed by atoms with E-state index < -0.39 is 0 Å². The van der Waals surface area contributed by atoms with Crippen LogP contribution in [0.15, 0.2) is 48.5 Å². The lowest BCUT2D eigenvalue weighted by Gasteiger charge is -2.39. The van der Waals surface area contributed by atoms with Crippen molar-refractivity contribution in [2.45, 2.75) is 53.0 Å². The molecule has 35 heavy (non-hydrogen) atoms. The summed E-state index contributed by atoms with van der Waals surface area (Å²) in [5.41, 5.74) is 4.50. The molecule has 3 aromatic rings. The molecular weight excluding hydrogens is 438 g/mol. The van der Waals surface area contributed by atoms with Crippen LogP contribution in [0.1, 0.15) is 56.1 Å². The monoisotopic (exact) mass is 473 g/mol. The van der Waals surface area contributed by atoms with E-state index in [1.165, 1.54) is 0 Å². The van der Waals surface area contributed by atoms with E-state index in [9.17, 15) is 4.79 Å². The van der Waals surface area contributed by atoms with Gasteiger partial charge < -0.3 is 14.4 Å². The van der Waals surface area contributed by atoms with E-state index in [0.717, 1.165) is 42.6 Å². The molecule has 184 valence electrons. The van der Waals surface area contributed by atoms with Crippen molar-refractivity contribution in [3.63, 3.8) is 0 Å². The lowest BCUT2D eigenvalue weighted by molar-refractivity contribution is 0.0699. The first-order valence-electron chi connectivity index (χ1n) is 12.3. The van der Waals surface area contributed by atoms with Crippen LogP contribution in [0.25, 0.3) is 16.9 Å². The summed E-state index contributed by atoms with van der Waals surface area (Å²) in [7, 11) is 3.26. The molecule has 2 fully saturated rings. The second kappa shape index (κ2) is 8.43. The molecular formula is C29H35N3O3.